The minimum absolute atomic E-state index is 0.113. The smallest absolute Gasteiger partial charge is 0.282 e. The molecule has 2 aliphatic heterocycles. The van der Waals surface area contributed by atoms with Gasteiger partial charge in [-0.25, -0.2) is 0 Å². The molecule has 0 saturated carbocycles. The largest absolute Gasteiger partial charge is 0.373 e. The molecule has 2 aliphatic rings. The van der Waals surface area contributed by atoms with Crippen LogP contribution in [0.2, 0.25) is 0 Å². The van der Waals surface area contributed by atoms with Gasteiger partial charge in [0.2, 0.25) is 11.0 Å². The summed E-state index contributed by atoms with van der Waals surface area (Å²) < 4.78 is 34.4. The minimum Gasteiger partial charge on any atom is -0.373 e. The third-order valence-corrected chi connectivity index (χ3v) is 7.23. The van der Waals surface area contributed by atoms with E-state index in [-0.39, 0.29) is 24.7 Å². The SMILES string of the molecule is Cc1nnc(NC(=O)CN2CCN(S(=O)(=O)N3CC(C)OC(C)C3)CC2)s1. The number of morpholine rings is 1. The fourth-order valence-electron chi connectivity index (χ4n) is 3.31. The molecule has 1 N–H and O–H groups in total. The van der Waals surface area contributed by atoms with Crippen LogP contribution in [0, 0.1) is 6.92 Å². The molecular formula is C15H26N6O4S2. The summed E-state index contributed by atoms with van der Waals surface area (Å²) in [5, 5.41) is 11.7. The molecule has 0 aliphatic carbocycles. The number of aromatic nitrogens is 2. The summed E-state index contributed by atoms with van der Waals surface area (Å²) in [5.41, 5.74) is 0. The van der Waals surface area contributed by atoms with Crippen molar-refractivity contribution in [1.82, 2.24) is 23.7 Å². The molecule has 3 heterocycles. The zero-order chi connectivity index (χ0) is 19.6. The van der Waals surface area contributed by atoms with E-state index in [0.29, 0.717) is 44.4 Å². The Labute approximate surface area is 163 Å². The van der Waals surface area contributed by atoms with Crippen LogP contribution in [-0.4, -0.2) is 96.1 Å². The van der Waals surface area contributed by atoms with E-state index in [4.69, 9.17) is 4.74 Å². The molecule has 1 aromatic heterocycles. The Hall–Kier alpha value is -1.18. The molecule has 12 heteroatoms. The van der Waals surface area contributed by atoms with Gasteiger partial charge in [-0.05, 0) is 20.8 Å². The van der Waals surface area contributed by atoms with Crippen LogP contribution in [0.15, 0.2) is 0 Å². The zero-order valence-corrected chi connectivity index (χ0v) is 17.4. The van der Waals surface area contributed by atoms with Gasteiger partial charge in [0.05, 0.1) is 18.8 Å². The Morgan fingerprint density at radius 2 is 1.78 bits per heavy atom. The fourth-order valence-corrected chi connectivity index (χ4v) is 5.67. The molecular weight excluding hydrogens is 392 g/mol. The van der Waals surface area contributed by atoms with Crippen molar-refractivity contribution in [3.05, 3.63) is 5.01 Å². The number of piperazine rings is 1. The lowest BCUT2D eigenvalue weighted by Crippen LogP contribution is -2.57. The predicted molar refractivity (Wildman–Crippen MR) is 102 cm³/mol. The number of anilines is 1. The lowest BCUT2D eigenvalue weighted by molar-refractivity contribution is -0.117. The Morgan fingerprint density at radius 1 is 1.15 bits per heavy atom. The first-order chi connectivity index (χ1) is 12.7. The van der Waals surface area contributed by atoms with Gasteiger partial charge in [-0.1, -0.05) is 11.3 Å². The van der Waals surface area contributed by atoms with E-state index in [2.05, 4.69) is 15.5 Å². The second kappa shape index (κ2) is 8.45. The van der Waals surface area contributed by atoms with Crippen molar-refractivity contribution in [3.8, 4) is 0 Å². The zero-order valence-electron chi connectivity index (χ0n) is 15.8. The summed E-state index contributed by atoms with van der Waals surface area (Å²) in [4.78, 5) is 14.1. The molecule has 3 rings (SSSR count). The number of hydrogen-bond acceptors (Lipinski definition) is 8. The Bertz CT molecular complexity index is 752. The Balaban J connectivity index is 1.50. The Kier molecular flexibility index (Phi) is 6.43. The second-order valence-electron chi connectivity index (χ2n) is 6.93. The highest BCUT2D eigenvalue weighted by Gasteiger charge is 2.36. The number of ether oxygens (including phenoxy) is 1. The first-order valence-corrected chi connectivity index (χ1v) is 11.2. The number of carbonyl (C=O) groups is 1. The first kappa shape index (κ1) is 20.6. The van der Waals surface area contributed by atoms with Crippen LogP contribution < -0.4 is 5.32 Å². The molecule has 152 valence electrons. The molecule has 0 spiro atoms. The average Bonchev–Trinajstić information content (AvgIpc) is 2.99. The van der Waals surface area contributed by atoms with Crippen molar-refractivity contribution < 1.29 is 17.9 Å². The van der Waals surface area contributed by atoms with Gasteiger partial charge in [0.25, 0.3) is 10.2 Å². The van der Waals surface area contributed by atoms with Crippen molar-refractivity contribution in [2.75, 3.05) is 51.1 Å². The minimum atomic E-state index is -3.51. The van der Waals surface area contributed by atoms with Gasteiger partial charge in [-0.3, -0.25) is 15.0 Å². The summed E-state index contributed by atoms with van der Waals surface area (Å²) in [6.07, 6.45) is -0.227. The van der Waals surface area contributed by atoms with Crippen LogP contribution in [0.25, 0.3) is 0 Å². The lowest BCUT2D eigenvalue weighted by Gasteiger charge is -2.40. The van der Waals surface area contributed by atoms with E-state index in [1.54, 1.807) is 0 Å². The molecule has 0 radical (unpaired) electrons. The number of nitrogens with one attached hydrogen (secondary N) is 1. The van der Waals surface area contributed by atoms with Crippen LogP contribution in [0.4, 0.5) is 5.13 Å². The molecule has 10 nitrogen and oxygen atoms in total. The number of nitrogens with zero attached hydrogens (tertiary/aromatic N) is 5. The monoisotopic (exact) mass is 418 g/mol. The van der Waals surface area contributed by atoms with Gasteiger partial charge in [0.1, 0.15) is 5.01 Å². The molecule has 0 aromatic carbocycles. The van der Waals surface area contributed by atoms with Crippen LogP contribution >= 0.6 is 11.3 Å². The van der Waals surface area contributed by atoms with Crippen LogP contribution in [0.1, 0.15) is 18.9 Å². The normalized spacial score (nSPS) is 26.2. The van der Waals surface area contributed by atoms with E-state index in [0.717, 1.165) is 5.01 Å². The van der Waals surface area contributed by atoms with Crippen LogP contribution in [0.5, 0.6) is 0 Å². The van der Waals surface area contributed by atoms with E-state index in [9.17, 15) is 13.2 Å². The fraction of sp³-hybridized carbons (Fsp3) is 0.800. The highest BCUT2D eigenvalue weighted by atomic mass is 32.2. The number of carbonyl (C=O) groups excluding carboxylic acids is 1. The van der Waals surface area contributed by atoms with Gasteiger partial charge in [0, 0.05) is 39.3 Å². The molecule has 2 unspecified atom stereocenters. The maximum atomic E-state index is 12.9. The van der Waals surface area contributed by atoms with E-state index >= 15 is 0 Å². The highest BCUT2D eigenvalue weighted by molar-refractivity contribution is 7.86. The molecule has 1 aromatic rings. The van der Waals surface area contributed by atoms with Crippen molar-refractivity contribution in [2.24, 2.45) is 0 Å². The second-order valence-corrected chi connectivity index (χ2v) is 10.0. The van der Waals surface area contributed by atoms with Gasteiger partial charge < -0.3 is 4.74 Å². The maximum absolute atomic E-state index is 12.9. The summed E-state index contributed by atoms with van der Waals surface area (Å²) >= 11 is 1.32. The van der Waals surface area contributed by atoms with E-state index < -0.39 is 10.2 Å². The molecule has 0 bridgehead atoms. The van der Waals surface area contributed by atoms with Crippen molar-refractivity contribution in [3.63, 3.8) is 0 Å². The molecule has 2 fully saturated rings. The number of hydrogen-bond donors (Lipinski definition) is 1. The summed E-state index contributed by atoms with van der Waals surface area (Å²) in [5.74, 6) is -0.168. The third-order valence-electron chi connectivity index (χ3n) is 4.51. The van der Waals surface area contributed by atoms with Crippen molar-refractivity contribution in [1.29, 1.82) is 0 Å². The molecule has 2 saturated heterocycles. The van der Waals surface area contributed by atoms with E-state index in [1.165, 1.54) is 19.9 Å². The predicted octanol–water partition coefficient (Wildman–Crippen LogP) is -0.243. The van der Waals surface area contributed by atoms with Gasteiger partial charge in [0.15, 0.2) is 0 Å². The lowest BCUT2D eigenvalue weighted by atomic mass is 10.3. The molecule has 2 atom stereocenters. The average molecular weight is 419 g/mol. The highest BCUT2D eigenvalue weighted by Crippen LogP contribution is 2.19. The Morgan fingerprint density at radius 3 is 2.33 bits per heavy atom. The number of aryl methyl sites for hydroxylation is 1. The van der Waals surface area contributed by atoms with Gasteiger partial charge in [-0.15, -0.1) is 10.2 Å². The molecule has 27 heavy (non-hydrogen) atoms. The van der Waals surface area contributed by atoms with Crippen molar-refractivity contribution in [2.45, 2.75) is 33.0 Å². The van der Waals surface area contributed by atoms with Gasteiger partial charge in [-0.2, -0.15) is 17.0 Å². The quantitative estimate of drug-likeness (QED) is 0.703. The van der Waals surface area contributed by atoms with Crippen LogP contribution in [0.3, 0.4) is 0 Å². The number of amides is 1. The summed E-state index contributed by atoms with van der Waals surface area (Å²) in [6, 6.07) is 0. The van der Waals surface area contributed by atoms with Crippen LogP contribution in [-0.2, 0) is 19.7 Å². The maximum Gasteiger partial charge on any atom is 0.282 e. The standard InChI is InChI=1S/C15H26N6O4S2/c1-11-8-21(9-12(2)25-11)27(23,24)20-6-4-19(5-7-20)10-14(22)16-15-18-17-13(3)26-15/h11-12H,4-10H2,1-3H3,(H,16,18,22). The number of rotatable bonds is 5. The molecule has 1 amide bonds. The summed E-state index contributed by atoms with van der Waals surface area (Å²) in [7, 11) is -3.51. The summed E-state index contributed by atoms with van der Waals surface area (Å²) in [6.45, 7) is 8.30. The van der Waals surface area contributed by atoms with Gasteiger partial charge >= 0.3 is 0 Å². The van der Waals surface area contributed by atoms with Crippen molar-refractivity contribution >= 4 is 32.6 Å². The van der Waals surface area contributed by atoms with E-state index in [1.807, 2.05) is 25.7 Å². The topological polar surface area (TPSA) is 108 Å². The first-order valence-electron chi connectivity index (χ1n) is 8.97. The third kappa shape index (κ3) is 5.21.